The second kappa shape index (κ2) is 5.99. The summed E-state index contributed by atoms with van der Waals surface area (Å²) in [5, 5.41) is 0. The molecule has 1 nitrogen and oxygen atoms in total. The van der Waals surface area contributed by atoms with Crippen molar-refractivity contribution in [3.8, 4) is 0 Å². The molecule has 2 heteroatoms. The van der Waals surface area contributed by atoms with Crippen LogP contribution in [0.15, 0.2) is 0 Å². The van der Waals surface area contributed by atoms with Crippen molar-refractivity contribution in [2.75, 3.05) is 12.5 Å². The molecule has 0 aliphatic carbocycles. The standard InChI is InChI=1S/C8H17ClO/c1-4-10-8(6-9)5-7(2)3/h7-8H,4-6H2,1-3H3. The highest BCUT2D eigenvalue weighted by Gasteiger charge is 2.07. The lowest BCUT2D eigenvalue weighted by Crippen LogP contribution is -2.17. The zero-order valence-corrected chi connectivity index (χ0v) is 7.82. The molecule has 62 valence electrons. The van der Waals surface area contributed by atoms with Gasteiger partial charge < -0.3 is 4.74 Å². The quantitative estimate of drug-likeness (QED) is 0.568. The molecule has 0 saturated heterocycles. The van der Waals surface area contributed by atoms with E-state index in [9.17, 15) is 0 Å². The van der Waals surface area contributed by atoms with E-state index in [1.54, 1.807) is 0 Å². The van der Waals surface area contributed by atoms with Gasteiger partial charge in [-0.15, -0.1) is 11.6 Å². The molecule has 10 heavy (non-hydrogen) atoms. The first kappa shape index (κ1) is 10.2. The third-order valence-electron chi connectivity index (χ3n) is 1.31. The summed E-state index contributed by atoms with van der Waals surface area (Å²) in [6.45, 7) is 7.13. The number of halogens is 1. The molecule has 0 aromatic heterocycles. The lowest BCUT2D eigenvalue weighted by atomic mass is 10.1. The minimum atomic E-state index is 0.256. The van der Waals surface area contributed by atoms with Crippen molar-refractivity contribution >= 4 is 11.6 Å². The molecule has 0 bridgehead atoms. The van der Waals surface area contributed by atoms with Crippen molar-refractivity contribution in [1.82, 2.24) is 0 Å². The van der Waals surface area contributed by atoms with Crippen LogP contribution in [0.25, 0.3) is 0 Å². The van der Waals surface area contributed by atoms with E-state index in [4.69, 9.17) is 16.3 Å². The maximum atomic E-state index is 5.67. The van der Waals surface area contributed by atoms with Gasteiger partial charge in [-0.1, -0.05) is 13.8 Å². The molecule has 0 radical (unpaired) electrons. The average Bonchev–Trinajstić information content (AvgIpc) is 1.86. The van der Waals surface area contributed by atoms with Crippen LogP contribution in [-0.4, -0.2) is 18.6 Å². The van der Waals surface area contributed by atoms with Crippen LogP contribution in [0.2, 0.25) is 0 Å². The molecule has 0 spiro atoms. The molecule has 0 aliphatic heterocycles. The smallest absolute Gasteiger partial charge is 0.0712 e. The van der Waals surface area contributed by atoms with Gasteiger partial charge in [0.05, 0.1) is 6.10 Å². The fourth-order valence-corrected chi connectivity index (χ4v) is 1.15. The fourth-order valence-electron chi connectivity index (χ4n) is 0.937. The van der Waals surface area contributed by atoms with Crippen molar-refractivity contribution < 1.29 is 4.74 Å². The fraction of sp³-hybridized carbons (Fsp3) is 1.00. The summed E-state index contributed by atoms with van der Waals surface area (Å²) >= 11 is 5.67. The Morgan fingerprint density at radius 3 is 2.30 bits per heavy atom. The van der Waals surface area contributed by atoms with Crippen LogP contribution in [0.4, 0.5) is 0 Å². The zero-order chi connectivity index (χ0) is 7.98. The number of rotatable bonds is 5. The van der Waals surface area contributed by atoms with Gasteiger partial charge in [-0.3, -0.25) is 0 Å². The van der Waals surface area contributed by atoms with Crippen molar-refractivity contribution in [3.05, 3.63) is 0 Å². The largest absolute Gasteiger partial charge is 0.377 e. The van der Waals surface area contributed by atoms with Gasteiger partial charge in [-0.05, 0) is 19.3 Å². The summed E-state index contributed by atoms with van der Waals surface area (Å²) in [7, 11) is 0. The Kier molecular flexibility index (Phi) is 6.14. The highest BCUT2D eigenvalue weighted by atomic mass is 35.5. The molecule has 1 unspecified atom stereocenters. The monoisotopic (exact) mass is 164 g/mol. The lowest BCUT2D eigenvalue weighted by molar-refractivity contribution is 0.0639. The Labute approximate surface area is 68.7 Å². The second-order valence-corrected chi connectivity index (χ2v) is 3.17. The summed E-state index contributed by atoms with van der Waals surface area (Å²) in [4.78, 5) is 0. The van der Waals surface area contributed by atoms with E-state index in [-0.39, 0.29) is 6.10 Å². The minimum absolute atomic E-state index is 0.256. The van der Waals surface area contributed by atoms with Crippen LogP contribution in [0.1, 0.15) is 27.2 Å². The van der Waals surface area contributed by atoms with Crippen molar-refractivity contribution in [2.45, 2.75) is 33.3 Å². The van der Waals surface area contributed by atoms with Gasteiger partial charge in [0.1, 0.15) is 0 Å². The Bertz CT molecular complexity index is 73.7. The van der Waals surface area contributed by atoms with Crippen LogP contribution >= 0.6 is 11.6 Å². The molecule has 0 rings (SSSR count). The Morgan fingerprint density at radius 1 is 1.40 bits per heavy atom. The van der Waals surface area contributed by atoms with Crippen LogP contribution in [0.5, 0.6) is 0 Å². The molecule has 0 amide bonds. The number of ether oxygens (including phenoxy) is 1. The maximum absolute atomic E-state index is 5.67. The van der Waals surface area contributed by atoms with E-state index < -0.39 is 0 Å². The van der Waals surface area contributed by atoms with E-state index in [0.29, 0.717) is 11.8 Å². The van der Waals surface area contributed by atoms with E-state index in [1.165, 1.54) is 0 Å². The summed E-state index contributed by atoms with van der Waals surface area (Å²) < 4.78 is 5.37. The predicted molar refractivity (Wildman–Crippen MR) is 45.6 cm³/mol. The second-order valence-electron chi connectivity index (χ2n) is 2.86. The van der Waals surface area contributed by atoms with Crippen molar-refractivity contribution in [2.24, 2.45) is 5.92 Å². The molecule has 0 saturated carbocycles. The summed E-state index contributed by atoms with van der Waals surface area (Å²) in [6, 6.07) is 0. The Hall–Kier alpha value is 0.250. The van der Waals surface area contributed by atoms with Crippen LogP contribution in [-0.2, 0) is 4.74 Å². The Balaban J connectivity index is 3.39. The number of alkyl halides is 1. The van der Waals surface area contributed by atoms with Crippen LogP contribution < -0.4 is 0 Å². The summed E-state index contributed by atoms with van der Waals surface area (Å²) in [5.74, 6) is 1.29. The van der Waals surface area contributed by atoms with E-state index in [2.05, 4.69) is 13.8 Å². The minimum Gasteiger partial charge on any atom is -0.377 e. The first-order valence-electron chi connectivity index (χ1n) is 3.88. The summed E-state index contributed by atoms with van der Waals surface area (Å²) in [5.41, 5.74) is 0. The highest BCUT2D eigenvalue weighted by Crippen LogP contribution is 2.09. The van der Waals surface area contributed by atoms with Gasteiger partial charge >= 0.3 is 0 Å². The normalized spacial score (nSPS) is 14.1. The zero-order valence-electron chi connectivity index (χ0n) is 7.06. The Morgan fingerprint density at radius 2 is 2.00 bits per heavy atom. The highest BCUT2D eigenvalue weighted by molar-refractivity contribution is 6.18. The molecule has 0 N–H and O–H groups in total. The molecule has 0 fully saturated rings. The van der Waals surface area contributed by atoms with Gasteiger partial charge in [0.2, 0.25) is 0 Å². The molecule has 0 aromatic carbocycles. The topological polar surface area (TPSA) is 9.23 Å². The van der Waals surface area contributed by atoms with Gasteiger partial charge in [-0.2, -0.15) is 0 Å². The molecule has 0 aliphatic rings. The average molecular weight is 165 g/mol. The third kappa shape index (κ3) is 5.07. The maximum Gasteiger partial charge on any atom is 0.0712 e. The van der Waals surface area contributed by atoms with E-state index in [0.717, 1.165) is 13.0 Å². The van der Waals surface area contributed by atoms with Gasteiger partial charge in [0.15, 0.2) is 0 Å². The van der Waals surface area contributed by atoms with Crippen molar-refractivity contribution in [3.63, 3.8) is 0 Å². The first-order chi connectivity index (χ1) is 4.70. The van der Waals surface area contributed by atoms with Crippen LogP contribution in [0.3, 0.4) is 0 Å². The van der Waals surface area contributed by atoms with Gasteiger partial charge in [0.25, 0.3) is 0 Å². The number of hydrogen-bond donors (Lipinski definition) is 0. The van der Waals surface area contributed by atoms with Crippen molar-refractivity contribution in [1.29, 1.82) is 0 Å². The predicted octanol–water partition coefficient (Wildman–Crippen LogP) is 2.68. The molecular weight excluding hydrogens is 148 g/mol. The van der Waals surface area contributed by atoms with E-state index >= 15 is 0 Å². The molecule has 0 heterocycles. The molecule has 1 atom stereocenters. The van der Waals surface area contributed by atoms with Crippen LogP contribution in [0, 0.1) is 5.92 Å². The third-order valence-corrected chi connectivity index (χ3v) is 1.65. The van der Waals surface area contributed by atoms with Gasteiger partial charge in [0, 0.05) is 12.5 Å². The number of hydrogen-bond acceptors (Lipinski definition) is 1. The SMILES string of the molecule is CCOC(CCl)CC(C)C. The van der Waals surface area contributed by atoms with E-state index in [1.807, 2.05) is 6.92 Å². The molecular formula is C8H17ClO. The lowest BCUT2D eigenvalue weighted by Gasteiger charge is -2.15. The molecule has 0 aromatic rings. The van der Waals surface area contributed by atoms with Gasteiger partial charge in [-0.25, -0.2) is 0 Å². The summed E-state index contributed by atoms with van der Waals surface area (Å²) in [6.07, 6.45) is 1.32. The first-order valence-corrected chi connectivity index (χ1v) is 4.41.